The van der Waals surface area contributed by atoms with Crippen molar-refractivity contribution in [2.75, 3.05) is 26.9 Å². The third-order valence-electron chi connectivity index (χ3n) is 4.85. The monoisotopic (exact) mass is 554 g/mol. The molecule has 2 aromatic heterocycles. The summed E-state index contributed by atoms with van der Waals surface area (Å²) in [5, 5.41) is 5.79. The van der Waals surface area contributed by atoms with E-state index in [1.54, 1.807) is 32.4 Å². The van der Waals surface area contributed by atoms with Crippen LogP contribution in [-0.4, -0.2) is 52.2 Å². The highest BCUT2D eigenvalue weighted by atomic mass is 35.5. The normalized spacial score (nSPS) is 11.3. The number of carbonyl (C=O) groups is 1. The van der Waals surface area contributed by atoms with E-state index in [0.717, 1.165) is 15.3 Å². The van der Waals surface area contributed by atoms with Crippen LogP contribution in [0.4, 0.5) is 0 Å². The summed E-state index contributed by atoms with van der Waals surface area (Å²) in [5.74, 6) is 0.00170. The Balaban J connectivity index is 1.73. The summed E-state index contributed by atoms with van der Waals surface area (Å²) in [7, 11) is 1.61. The molecule has 0 spiro atoms. The summed E-state index contributed by atoms with van der Waals surface area (Å²) in [6.07, 6.45) is 3.00. The van der Waals surface area contributed by atoms with Crippen LogP contribution in [0.1, 0.15) is 17.3 Å². The molecular formula is C23H21Cl3N4O4S. The van der Waals surface area contributed by atoms with Gasteiger partial charge < -0.3 is 14.2 Å². The van der Waals surface area contributed by atoms with E-state index in [0.29, 0.717) is 45.3 Å². The van der Waals surface area contributed by atoms with Crippen molar-refractivity contribution in [3.05, 3.63) is 63.4 Å². The lowest BCUT2D eigenvalue weighted by molar-refractivity contribution is 0.0356. The molecule has 184 valence electrons. The highest BCUT2D eigenvalue weighted by Crippen LogP contribution is 2.38. The van der Waals surface area contributed by atoms with E-state index < -0.39 is 5.97 Å². The predicted molar refractivity (Wildman–Crippen MR) is 136 cm³/mol. The number of hydrogen-bond acceptors (Lipinski definition) is 7. The Kier molecular flexibility index (Phi) is 8.59. The molecule has 0 fully saturated rings. The summed E-state index contributed by atoms with van der Waals surface area (Å²) in [6.45, 7) is 3.03. The molecule has 0 aliphatic carbocycles. The van der Waals surface area contributed by atoms with E-state index in [2.05, 4.69) is 5.10 Å². The highest BCUT2D eigenvalue weighted by Gasteiger charge is 2.18. The lowest BCUT2D eigenvalue weighted by atomic mass is 10.3. The molecule has 0 radical (unpaired) electrons. The number of methoxy groups -OCH3 is 1. The summed E-state index contributed by atoms with van der Waals surface area (Å²) >= 11 is 20.3. The van der Waals surface area contributed by atoms with E-state index >= 15 is 0 Å². The number of benzene rings is 2. The number of nitrogens with zero attached hydrogens (tertiary/aromatic N) is 4. The molecule has 12 heteroatoms. The predicted octanol–water partition coefficient (Wildman–Crippen LogP) is 6.13. The largest absolute Gasteiger partial charge is 0.462 e. The van der Waals surface area contributed by atoms with Crippen LogP contribution in [0.15, 0.2) is 52.5 Å². The number of rotatable bonds is 10. The third kappa shape index (κ3) is 5.94. The molecule has 0 N–H and O–H groups in total. The highest BCUT2D eigenvalue weighted by molar-refractivity contribution is 7.99. The molecule has 2 heterocycles. The molecule has 8 nitrogen and oxygen atoms in total. The third-order valence-corrected chi connectivity index (χ3v) is 7.06. The number of imidazole rings is 1. The van der Waals surface area contributed by atoms with Crippen molar-refractivity contribution in [3.63, 3.8) is 0 Å². The Bertz CT molecular complexity index is 1360. The minimum Gasteiger partial charge on any atom is -0.462 e. The van der Waals surface area contributed by atoms with Crippen LogP contribution in [0.5, 0.6) is 0 Å². The second-order valence-electron chi connectivity index (χ2n) is 7.21. The maximum Gasteiger partial charge on any atom is 0.341 e. The fourth-order valence-corrected chi connectivity index (χ4v) is 4.74. The van der Waals surface area contributed by atoms with Gasteiger partial charge in [0.05, 0.1) is 57.7 Å². The second kappa shape index (κ2) is 11.6. The maximum absolute atomic E-state index is 12.1. The van der Waals surface area contributed by atoms with Gasteiger partial charge >= 0.3 is 5.97 Å². The number of halogens is 3. The fourth-order valence-electron chi connectivity index (χ4n) is 3.21. The van der Waals surface area contributed by atoms with Gasteiger partial charge in [-0.1, -0.05) is 46.6 Å². The van der Waals surface area contributed by atoms with Gasteiger partial charge in [-0.05, 0) is 37.3 Å². The Labute approximate surface area is 221 Å². The number of aromatic nitrogens is 4. The van der Waals surface area contributed by atoms with Crippen molar-refractivity contribution < 1.29 is 19.0 Å². The van der Waals surface area contributed by atoms with Crippen molar-refractivity contribution in [3.8, 4) is 5.95 Å². The average molecular weight is 556 g/mol. The Morgan fingerprint density at radius 3 is 2.66 bits per heavy atom. The minimum atomic E-state index is -0.457. The van der Waals surface area contributed by atoms with E-state index in [-0.39, 0.29) is 13.3 Å². The van der Waals surface area contributed by atoms with Crippen LogP contribution in [-0.2, 0) is 20.9 Å². The number of esters is 1. The molecule has 0 bridgehead atoms. The van der Waals surface area contributed by atoms with Crippen LogP contribution in [0.2, 0.25) is 15.1 Å². The van der Waals surface area contributed by atoms with Crippen LogP contribution < -0.4 is 0 Å². The molecule has 0 aliphatic rings. The molecule has 4 rings (SSSR count). The van der Waals surface area contributed by atoms with Crippen molar-refractivity contribution in [2.24, 2.45) is 0 Å². The second-order valence-corrected chi connectivity index (χ2v) is 9.55. The zero-order valence-corrected chi connectivity index (χ0v) is 21.9. The lowest BCUT2D eigenvalue weighted by Crippen LogP contribution is -2.12. The Morgan fingerprint density at radius 1 is 1.09 bits per heavy atom. The molecule has 0 amide bonds. The van der Waals surface area contributed by atoms with Crippen molar-refractivity contribution >= 4 is 63.6 Å². The molecule has 2 aromatic carbocycles. The van der Waals surface area contributed by atoms with Crippen LogP contribution in [0.25, 0.3) is 17.0 Å². The number of ether oxygens (including phenoxy) is 3. The number of carbonyl (C=O) groups excluding carboxylic acids is 1. The quantitative estimate of drug-likeness (QED) is 0.172. The van der Waals surface area contributed by atoms with Gasteiger partial charge in [0.15, 0.2) is 0 Å². The standard InChI is InChI=1S/C23H21Cl3N4O4S/c1-3-34-22(31)14-11-27-30(12-14)23-28-19-10-21(35-15-4-5-16(24)17(25)8-15)18(26)9-20(19)29(23)13-33-7-6-32-2/h4-5,8-12H,3,6-7,13H2,1-2H3. The summed E-state index contributed by atoms with van der Waals surface area (Å²) in [6, 6.07) is 9.09. The van der Waals surface area contributed by atoms with Crippen molar-refractivity contribution in [2.45, 2.75) is 23.4 Å². The minimum absolute atomic E-state index is 0.180. The topological polar surface area (TPSA) is 80.4 Å². The van der Waals surface area contributed by atoms with Crippen LogP contribution in [0, 0.1) is 0 Å². The smallest absolute Gasteiger partial charge is 0.341 e. The van der Waals surface area contributed by atoms with Gasteiger partial charge in [0.1, 0.15) is 6.73 Å². The zero-order chi connectivity index (χ0) is 24.9. The summed E-state index contributed by atoms with van der Waals surface area (Å²) < 4.78 is 19.2. The lowest BCUT2D eigenvalue weighted by Gasteiger charge is -2.10. The van der Waals surface area contributed by atoms with E-state index in [9.17, 15) is 4.79 Å². The molecule has 0 saturated carbocycles. The average Bonchev–Trinajstić information content (AvgIpc) is 3.45. The van der Waals surface area contributed by atoms with E-state index in [1.807, 2.05) is 22.8 Å². The number of hydrogen-bond donors (Lipinski definition) is 0. The number of fused-ring (bicyclic) bond motifs is 1. The molecule has 0 atom stereocenters. The molecule has 35 heavy (non-hydrogen) atoms. The molecule has 4 aromatic rings. The fraction of sp³-hybridized carbons (Fsp3) is 0.261. The van der Waals surface area contributed by atoms with Gasteiger partial charge in [-0.3, -0.25) is 4.57 Å². The van der Waals surface area contributed by atoms with Gasteiger partial charge in [-0.15, -0.1) is 0 Å². The van der Waals surface area contributed by atoms with Gasteiger partial charge in [0, 0.05) is 23.1 Å². The van der Waals surface area contributed by atoms with Gasteiger partial charge in [0.2, 0.25) is 5.95 Å². The molecule has 0 unspecified atom stereocenters. The maximum atomic E-state index is 12.1. The van der Waals surface area contributed by atoms with Crippen molar-refractivity contribution in [1.82, 2.24) is 19.3 Å². The molecule has 0 saturated heterocycles. The van der Waals surface area contributed by atoms with Gasteiger partial charge in [-0.25, -0.2) is 14.5 Å². The summed E-state index contributed by atoms with van der Waals surface area (Å²) in [4.78, 5) is 18.6. The first-order chi connectivity index (χ1) is 16.9. The van der Waals surface area contributed by atoms with Gasteiger partial charge in [0.25, 0.3) is 0 Å². The Morgan fingerprint density at radius 2 is 1.91 bits per heavy atom. The SMILES string of the molecule is CCOC(=O)c1cnn(-c2nc3cc(Sc4ccc(Cl)c(Cl)c4)c(Cl)cc3n2COCCOC)c1. The van der Waals surface area contributed by atoms with Gasteiger partial charge in [-0.2, -0.15) is 5.10 Å². The first-order valence-electron chi connectivity index (χ1n) is 10.5. The van der Waals surface area contributed by atoms with Crippen molar-refractivity contribution in [1.29, 1.82) is 0 Å². The molecule has 0 aliphatic heterocycles. The molecular weight excluding hydrogens is 535 g/mol. The first kappa shape index (κ1) is 25.8. The Hall–Kier alpha value is -2.27. The van der Waals surface area contributed by atoms with E-state index in [4.69, 9.17) is 54.0 Å². The van der Waals surface area contributed by atoms with E-state index in [1.165, 1.54) is 22.6 Å². The first-order valence-corrected chi connectivity index (χ1v) is 12.5. The summed E-state index contributed by atoms with van der Waals surface area (Å²) in [5.41, 5.74) is 1.74. The zero-order valence-electron chi connectivity index (χ0n) is 18.8. The van der Waals surface area contributed by atoms with Crippen LogP contribution in [0.3, 0.4) is 0 Å². The van der Waals surface area contributed by atoms with Crippen LogP contribution >= 0.6 is 46.6 Å².